The Labute approximate surface area is 77.7 Å². The summed E-state index contributed by atoms with van der Waals surface area (Å²) in [5, 5.41) is 8.76. The van der Waals surface area contributed by atoms with Gasteiger partial charge in [-0.3, -0.25) is 9.69 Å². The van der Waals surface area contributed by atoms with E-state index in [2.05, 4.69) is 4.90 Å². The Kier molecular flexibility index (Phi) is 2.04. The van der Waals surface area contributed by atoms with E-state index in [1.807, 2.05) is 0 Å². The van der Waals surface area contributed by atoms with Crippen molar-refractivity contribution in [1.82, 2.24) is 4.90 Å². The monoisotopic (exact) mass is 184 g/mol. The van der Waals surface area contributed by atoms with Crippen molar-refractivity contribution in [1.29, 1.82) is 0 Å². The molecule has 0 aromatic heterocycles. The fraction of sp³-hybridized carbons (Fsp3) is 0.889. The lowest BCUT2D eigenvalue weighted by Gasteiger charge is -2.29. The van der Waals surface area contributed by atoms with Crippen LogP contribution in [0.2, 0.25) is 0 Å². The summed E-state index contributed by atoms with van der Waals surface area (Å²) in [5.41, 5.74) is 5.67. The van der Waals surface area contributed by atoms with Gasteiger partial charge >= 0.3 is 5.97 Å². The number of hydrogen-bond donors (Lipinski definition) is 2. The zero-order valence-electron chi connectivity index (χ0n) is 7.70. The quantitative estimate of drug-likeness (QED) is 0.635. The van der Waals surface area contributed by atoms with Crippen molar-refractivity contribution in [3.05, 3.63) is 0 Å². The maximum atomic E-state index is 10.7. The van der Waals surface area contributed by atoms with Gasteiger partial charge in [0.1, 0.15) is 0 Å². The van der Waals surface area contributed by atoms with Crippen molar-refractivity contribution >= 4 is 5.97 Å². The Balaban J connectivity index is 2.09. The van der Waals surface area contributed by atoms with Crippen molar-refractivity contribution in [2.75, 3.05) is 13.1 Å². The second-order valence-electron chi connectivity index (χ2n) is 4.25. The van der Waals surface area contributed by atoms with Gasteiger partial charge in [-0.1, -0.05) is 0 Å². The van der Waals surface area contributed by atoms with Crippen molar-refractivity contribution in [3.63, 3.8) is 0 Å². The number of carboxylic acids is 1. The average molecular weight is 184 g/mol. The summed E-state index contributed by atoms with van der Waals surface area (Å²) >= 11 is 0. The number of aliphatic carboxylic acids is 1. The molecular weight excluding hydrogens is 168 g/mol. The summed E-state index contributed by atoms with van der Waals surface area (Å²) in [7, 11) is 0. The summed E-state index contributed by atoms with van der Waals surface area (Å²) in [6.07, 6.45) is 3.20. The van der Waals surface area contributed by atoms with Crippen LogP contribution in [0.25, 0.3) is 0 Å². The molecule has 3 N–H and O–H groups in total. The molecule has 0 aromatic carbocycles. The average Bonchev–Trinajstić information content (AvgIpc) is 2.54. The number of nitrogens with zero attached hydrogens (tertiary/aromatic N) is 1. The minimum absolute atomic E-state index is 0.119. The van der Waals surface area contributed by atoms with E-state index in [0.29, 0.717) is 6.04 Å². The number of rotatable bonds is 2. The van der Waals surface area contributed by atoms with Gasteiger partial charge in [0.25, 0.3) is 0 Å². The standard InChI is InChI=1S/C9H16N2O2/c10-9(6-8(12)13)3-5-11-4-1-2-7(9)11/h7H,1-6,10H2,(H,12,13). The van der Waals surface area contributed by atoms with Gasteiger partial charge in [0.15, 0.2) is 0 Å². The van der Waals surface area contributed by atoms with Gasteiger partial charge in [0.2, 0.25) is 0 Å². The van der Waals surface area contributed by atoms with Crippen molar-refractivity contribution in [3.8, 4) is 0 Å². The predicted octanol–water partition coefficient (Wildman–Crippen LogP) is 0.0267. The van der Waals surface area contributed by atoms with E-state index in [4.69, 9.17) is 10.8 Å². The highest BCUT2D eigenvalue weighted by Gasteiger charge is 2.47. The predicted molar refractivity (Wildman–Crippen MR) is 48.4 cm³/mol. The fourth-order valence-corrected chi connectivity index (χ4v) is 2.75. The van der Waals surface area contributed by atoms with Gasteiger partial charge in [-0.05, 0) is 25.8 Å². The molecular formula is C9H16N2O2. The minimum Gasteiger partial charge on any atom is -0.481 e. The molecule has 2 atom stereocenters. The van der Waals surface area contributed by atoms with Crippen LogP contribution in [0.1, 0.15) is 25.7 Å². The van der Waals surface area contributed by atoms with E-state index in [1.165, 1.54) is 6.42 Å². The Hall–Kier alpha value is -0.610. The zero-order valence-corrected chi connectivity index (χ0v) is 7.70. The van der Waals surface area contributed by atoms with Crippen LogP contribution in [0.15, 0.2) is 0 Å². The first kappa shape index (κ1) is 8.97. The molecule has 2 aliphatic rings. The normalized spacial score (nSPS) is 39.3. The molecule has 74 valence electrons. The molecule has 4 nitrogen and oxygen atoms in total. The van der Waals surface area contributed by atoms with Gasteiger partial charge in [-0.2, -0.15) is 0 Å². The maximum absolute atomic E-state index is 10.7. The number of carbonyl (C=O) groups is 1. The van der Waals surface area contributed by atoms with Crippen LogP contribution in [-0.2, 0) is 4.79 Å². The van der Waals surface area contributed by atoms with Crippen molar-refractivity contribution < 1.29 is 9.90 Å². The van der Waals surface area contributed by atoms with Crippen molar-refractivity contribution in [2.24, 2.45) is 5.73 Å². The second-order valence-corrected chi connectivity index (χ2v) is 4.25. The molecule has 0 saturated carbocycles. The largest absolute Gasteiger partial charge is 0.481 e. The van der Waals surface area contributed by atoms with E-state index >= 15 is 0 Å². The second kappa shape index (κ2) is 2.96. The molecule has 0 amide bonds. The van der Waals surface area contributed by atoms with E-state index in [0.717, 1.165) is 25.9 Å². The summed E-state index contributed by atoms with van der Waals surface area (Å²) in [4.78, 5) is 13.0. The molecule has 0 bridgehead atoms. The molecule has 2 saturated heterocycles. The molecule has 2 aliphatic heterocycles. The third kappa shape index (κ3) is 1.44. The summed E-state index contributed by atoms with van der Waals surface area (Å²) in [6, 6.07) is 0.323. The molecule has 2 unspecified atom stereocenters. The van der Waals surface area contributed by atoms with Gasteiger partial charge in [0, 0.05) is 18.1 Å². The molecule has 0 aromatic rings. The van der Waals surface area contributed by atoms with Gasteiger partial charge in [0.05, 0.1) is 6.42 Å². The van der Waals surface area contributed by atoms with E-state index in [1.54, 1.807) is 0 Å². The SMILES string of the molecule is NC1(CC(=O)O)CCN2CCCC21. The molecule has 2 fully saturated rings. The smallest absolute Gasteiger partial charge is 0.305 e. The van der Waals surface area contributed by atoms with Crippen LogP contribution in [0.5, 0.6) is 0 Å². The highest BCUT2D eigenvalue weighted by molar-refractivity contribution is 5.68. The fourth-order valence-electron chi connectivity index (χ4n) is 2.75. The highest BCUT2D eigenvalue weighted by atomic mass is 16.4. The first-order chi connectivity index (χ1) is 6.12. The number of hydrogen-bond acceptors (Lipinski definition) is 3. The lowest BCUT2D eigenvalue weighted by atomic mass is 9.86. The van der Waals surface area contributed by atoms with Crippen LogP contribution in [-0.4, -0.2) is 40.6 Å². The van der Waals surface area contributed by atoms with Crippen LogP contribution in [0, 0.1) is 0 Å². The molecule has 0 spiro atoms. The summed E-state index contributed by atoms with van der Waals surface area (Å²) in [6.45, 7) is 2.08. The molecule has 0 aliphatic carbocycles. The topological polar surface area (TPSA) is 66.6 Å². The molecule has 4 heteroatoms. The Morgan fingerprint density at radius 3 is 3.08 bits per heavy atom. The van der Waals surface area contributed by atoms with Crippen LogP contribution in [0.3, 0.4) is 0 Å². The zero-order chi connectivity index (χ0) is 9.47. The first-order valence-corrected chi connectivity index (χ1v) is 4.86. The molecule has 2 rings (SSSR count). The van der Waals surface area contributed by atoms with Gasteiger partial charge in [-0.15, -0.1) is 0 Å². The molecule has 2 heterocycles. The Bertz CT molecular complexity index is 232. The van der Waals surface area contributed by atoms with E-state index < -0.39 is 11.5 Å². The third-order valence-corrected chi connectivity index (χ3v) is 3.37. The van der Waals surface area contributed by atoms with Gasteiger partial charge in [-0.25, -0.2) is 0 Å². The van der Waals surface area contributed by atoms with E-state index in [-0.39, 0.29) is 6.42 Å². The molecule has 13 heavy (non-hydrogen) atoms. The summed E-state index contributed by atoms with van der Waals surface area (Å²) in [5.74, 6) is -0.767. The van der Waals surface area contributed by atoms with Crippen LogP contribution >= 0.6 is 0 Å². The van der Waals surface area contributed by atoms with Crippen molar-refractivity contribution in [2.45, 2.75) is 37.3 Å². The first-order valence-electron chi connectivity index (χ1n) is 4.86. The lowest BCUT2D eigenvalue weighted by Crippen LogP contribution is -2.50. The van der Waals surface area contributed by atoms with Crippen LogP contribution < -0.4 is 5.73 Å². The maximum Gasteiger partial charge on any atom is 0.305 e. The Morgan fingerprint density at radius 1 is 1.62 bits per heavy atom. The number of nitrogens with two attached hydrogens (primary N) is 1. The Morgan fingerprint density at radius 2 is 2.38 bits per heavy atom. The van der Waals surface area contributed by atoms with Gasteiger partial charge < -0.3 is 10.8 Å². The molecule has 0 radical (unpaired) electrons. The lowest BCUT2D eigenvalue weighted by molar-refractivity contribution is -0.138. The minimum atomic E-state index is -0.767. The highest BCUT2D eigenvalue weighted by Crippen LogP contribution is 2.36. The third-order valence-electron chi connectivity index (χ3n) is 3.37. The number of carboxylic acid groups (broad SMARTS) is 1. The van der Waals surface area contributed by atoms with Crippen LogP contribution in [0.4, 0.5) is 0 Å². The van der Waals surface area contributed by atoms with E-state index in [9.17, 15) is 4.79 Å². The summed E-state index contributed by atoms with van der Waals surface area (Å²) < 4.78 is 0. The number of fused-ring (bicyclic) bond motifs is 1.